The molecule has 0 unspecified atom stereocenters. The number of carbonyl (C=O) groups is 2. The van der Waals surface area contributed by atoms with Gasteiger partial charge in [-0.2, -0.15) is 10.4 Å². The lowest BCUT2D eigenvalue weighted by molar-refractivity contribution is 0.0527. The van der Waals surface area contributed by atoms with Crippen LogP contribution in [-0.2, 0) is 11.3 Å². The summed E-state index contributed by atoms with van der Waals surface area (Å²) >= 11 is 0. The van der Waals surface area contributed by atoms with Crippen molar-refractivity contribution in [1.29, 1.82) is 5.26 Å². The van der Waals surface area contributed by atoms with Gasteiger partial charge in [0.05, 0.1) is 31.8 Å². The molecule has 2 rings (SSSR count). The number of carbonyl (C=O) groups excluding carboxylic acids is 2. The first-order valence-electron chi connectivity index (χ1n) is 7.74. The molecule has 128 valence electrons. The zero-order chi connectivity index (χ0) is 18.2. The van der Waals surface area contributed by atoms with Crippen molar-refractivity contribution in [1.82, 2.24) is 9.78 Å². The van der Waals surface area contributed by atoms with Crippen LogP contribution in [-0.4, -0.2) is 28.3 Å². The van der Waals surface area contributed by atoms with Crippen molar-refractivity contribution in [3.8, 4) is 6.07 Å². The zero-order valence-corrected chi connectivity index (χ0v) is 13.9. The smallest absolute Gasteiger partial charge is 0.343 e. The number of amides is 1. The number of hydrogen-bond acceptors (Lipinski definition) is 5. The number of anilines is 1. The Kier molecular flexibility index (Phi) is 6.07. The number of aromatic nitrogens is 2. The molecule has 0 saturated carbocycles. The van der Waals surface area contributed by atoms with Crippen molar-refractivity contribution in [2.75, 3.05) is 11.9 Å². The lowest BCUT2D eigenvalue weighted by Gasteiger charge is -2.10. The summed E-state index contributed by atoms with van der Waals surface area (Å²) in [5.74, 6) is -0.755. The normalized spacial score (nSPS) is 9.92. The second-order valence-corrected chi connectivity index (χ2v) is 5.04. The number of aryl methyl sites for hydroxylation is 1. The van der Waals surface area contributed by atoms with Crippen molar-refractivity contribution in [2.45, 2.75) is 19.9 Å². The van der Waals surface area contributed by atoms with Crippen molar-refractivity contribution < 1.29 is 14.3 Å². The van der Waals surface area contributed by atoms with E-state index >= 15 is 0 Å². The van der Waals surface area contributed by atoms with Crippen molar-refractivity contribution in [3.63, 3.8) is 0 Å². The Morgan fingerprint density at radius 3 is 2.72 bits per heavy atom. The summed E-state index contributed by atoms with van der Waals surface area (Å²) in [6.07, 6.45) is 3.20. The van der Waals surface area contributed by atoms with Gasteiger partial charge in [0, 0.05) is 5.56 Å². The number of nitriles is 1. The molecule has 0 bridgehead atoms. The molecule has 7 heteroatoms. The Bertz CT molecular complexity index is 816. The molecule has 0 spiro atoms. The van der Waals surface area contributed by atoms with Gasteiger partial charge in [0.2, 0.25) is 0 Å². The van der Waals surface area contributed by atoms with E-state index in [0.717, 1.165) is 5.56 Å². The number of ether oxygens (including phenoxy) is 1. The van der Waals surface area contributed by atoms with Crippen molar-refractivity contribution in [3.05, 3.63) is 53.7 Å². The van der Waals surface area contributed by atoms with Crippen LogP contribution in [0.3, 0.4) is 0 Å². The van der Waals surface area contributed by atoms with E-state index in [1.807, 2.05) is 6.07 Å². The molecule has 0 saturated heterocycles. The van der Waals surface area contributed by atoms with Gasteiger partial charge >= 0.3 is 5.97 Å². The van der Waals surface area contributed by atoms with E-state index in [-0.39, 0.29) is 36.9 Å². The fraction of sp³-hybridized carbons (Fsp3) is 0.222. The van der Waals surface area contributed by atoms with Gasteiger partial charge in [0.1, 0.15) is 11.4 Å². The molecule has 1 aromatic carbocycles. The molecule has 1 N–H and O–H groups in total. The maximum Gasteiger partial charge on any atom is 0.343 e. The highest BCUT2D eigenvalue weighted by molar-refractivity contribution is 6.07. The second-order valence-electron chi connectivity index (χ2n) is 5.04. The van der Waals surface area contributed by atoms with Crippen molar-refractivity contribution in [2.24, 2.45) is 0 Å². The molecule has 0 aliphatic heterocycles. The molecular weight excluding hydrogens is 320 g/mol. The van der Waals surface area contributed by atoms with Gasteiger partial charge in [-0.25, -0.2) is 9.48 Å². The number of hydrogen-bond donors (Lipinski definition) is 1. The SMILES string of the molecule is C=Cc1ccc(C(=O)Nc2c(C(=O)OCC)cnn2CCC#N)cc1. The Balaban J connectivity index is 2.29. The molecule has 0 aliphatic rings. The van der Waals surface area contributed by atoms with E-state index in [1.54, 1.807) is 37.3 Å². The molecule has 1 heterocycles. The van der Waals surface area contributed by atoms with E-state index in [2.05, 4.69) is 17.0 Å². The van der Waals surface area contributed by atoms with E-state index in [0.29, 0.717) is 5.56 Å². The summed E-state index contributed by atoms with van der Waals surface area (Å²) in [4.78, 5) is 24.5. The highest BCUT2D eigenvalue weighted by Gasteiger charge is 2.21. The minimum Gasteiger partial charge on any atom is -0.462 e. The molecule has 7 nitrogen and oxygen atoms in total. The number of benzene rings is 1. The van der Waals surface area contributed by atoms with E-state index in [1.165, 1.54) is 10.9 Å². The number of rotatable bonds is 7. The molecular formula is C18H18N4O3. The van der Waals surface area contributed by atoms with Crippen LogP contribution >= 0.6 is 0 Å². The Labute approximate surface area is 145 Å². The lowest BCUT2D eigenvalue weighted by atomic mass is 10.1. The van der Waals surface area contributed by atoms with Crippen LogP contribution in [0.4, 0.5) is 5.82 Å². The average molecular weight is 338 g/mol. The number of esters is 1. The van der Waals surface area contributed by atoms with Gasteiger partial charge in [0.25, 0.3) is 5.91 Å². The van der Waals surface area contributed by atoms with Gasteiger partial charge in [-0.15, -0.1) is 0 Å². The first kappa shape index (κ1) is 17.9. The predicted molar refractivity (Wildman–Crippen MR) is 92.9 cm³/mol. The summed E-state index contributed by atoms with van der Waals surface area (Å²) in [7, 11) is 0. The third-order valence-electron chi connectivity index (χ3n) is 3.41. The van der Waals surface area contributed by atoms with Crippen LogP contribution in [0.2, 0.25) is 0 Å². The first-order chi connectivity index (χ1) is 12.1. The molecule has 25 heavy (non-hydrogen) atoms. The van der Waals surface area contributed by atoms with E-state index < -0.39 is 5.97 Å². The lowest BCUT2D eigenvalue weighted by Crippen LogP contribution is -2.18. The van der Waals surface area contributed by atoms with E-state index in [9.17, 15) is 9.59 Å². The van der Waals surface area contributed by atoms with Gasteiger partial charge in [-0.1, -0.05) is 24.8 Å². The molecule has 0 atom stereocenters. The Morgan fingerprint density at radius 2 is 2.12 bits per heavy atom. The van der Waals surface area contributed by atoms with Crippen LogP contribution in [0, 0.1) is 11.3 Å². The first-order valence-corrected chi connectivity index (χ1v) is 7.74. The molecule has 0 radical (unpaired) electrons. The minimum atomic E-state index is -0.581. The van der Waals surface area contributed by atoms with Gasteiger partial charge in [0.15, 0.2) is 0 Å². The molecule has 0 fully saturated rings. The van der Waals surface area contributed by atoms with Gasteiger partial charge in [-0.3, -0.25) is 4.79 Å². The maximum atomic E-state index is 12.5. The summed E-state index contributed by atoms with van der Waals surface area (Å²) in [5.41, 5.74) is 1.46. The van der Waals surface area contributed by atoms with Crippen LogP contribution in [0.1, 0.15) is 39.6 Å². The minimum absolute atomic E-state index is 0.149. The number of nitrogens with one attached hydrogen (secondary N) is 1. The molecule has 1 aromatic heterocycles. The van der Waals surface area contributed by atoms with Crippen LogP contribution < -0.4 is 5.32 Å². The van der Waals surface area contributed by atoms with Crippen LogP contribution in [0.25, 0.3) is 6.08 Å². The molecule has 2 aromatic rings. The van der Waals surface area contributed by atoms with Gasteiger partial charge in [-0.05, 0) is 24.6 Å². The fourth-order valence-electron chi connectivity index (χ4n) is 2.15. The summed E-state index contributed by atoms with van der Waals surface area (Å²) in [6, 6.07) is 8.85. The molecule has 1 amide bonds. The Hall–Kier alpha value is -3.40. The summed E-state index contributed by atoms with van der Waals surface area (Å²) < 4.78 is 6.39. The van der Waals surface area contributed by atoms with Crippen molar-refractivity contribution >= 4 is 23.8 Å². The highest BCUT2D eigenvalue weighted by Crippen LogP contribution is 2.18. The second kappa shape index (κ2) is 8.45. The third kappa shape index (κ3) is 4.32. The van der Waals surface area contributed by atoms with Gasteiger partial charge < -0.3 is 10.1 Å². The highest BCUT2D eigenvalue weighted by atomic mass is 16.5. The quantitative estimate of drug-likeness (QED) is 0.783. The Morgan fingerprint density at radius 1 is 1.40 bits per heavy atom. The predicted octanol–water partition coefficient (Wildman–Crippen LogP) is 2.87. The topological polar surface area (TPSA) is 97.0 Å². The van der Waals surface area contributed by atoms with Crippen LogP contribution in [0.15, 0.2) is 37.0 Å². The molecule has 0 aliphatic carbocycles. The summed E-state index contributed by atoms with van der Waals surface area (Å²) in [5, 5.41) is 15.5. The number of nitrogens with zero attached hydrogens (tertiary/aromatic N) is 3. The zero-order valence-electron chi connectivity index (χ0n) is 13.9. The van der Waals surface area contributed by atoms with E-state index in [4.69, 9.17) is 10.00 Å². The van der Waals surface area contributed by atoms with Crippen LogP contribution in [0.5, 0.6) is 0 Å². The average Bonchev–Trinajstić information content (AvgIpc) is 3.02. The fourth-order valence-corrected chi connectivity index (χ4v) is 2.15. The standard InChI is InChI=1S/C18H18N4O3/c1-3-13-6-8-14(9-7-13)17(23)21-16-15(18(24)25-4-2)12-20-22(16)11-5-10-19/h3,6-9,12H,1,4-5,11H2,2H3,(H,21,23). The third-order valence-corrected chi connectivity index (χ3v) is 3.41. The summed E-state index contributed by atoms with van der Waals surface area (Å²) in [6.45, 7) is 5.81. The monoisotopic (exact) mass is 338 g/mol. The largest absolute Gasteiger partial charge is 0.462 e. The maximum absolute atomic E-state index is 12.5.